The summed E-state index contributed by atoms with van der Waals surface area (Å²) in [5.41, 5.74) is 1.48. The molecule has 156 valence electrons. The fourth-order valence-electron chi connectivity index (χ4n) is 3.36. The zero-order chi connectivity index (χ0) is 20.9. The molecule has 8 nitrogen and oxygen atoms in total. The molecule has 0 unspecified atom stereocenters. The number of nitrogens with one attached hydrogen (secondary N) is 1. The molecule has 1 aromatic carbocycles. The number of carbonyl (C=O) groups is 2. The molecule has 0 radical (unpaired) electrons. The van der Waals surface area contributed by atoms with Crippen molar-refractivity contribution in [3.05, 3.63) is 58.8 Å². The van der Waals surface area contributed by atoms with Crippen LogP contribution < -0.4 is 5.32 Å². The van der Waals surface area contributed by atoms with E-state index in [0.29, 0.717) is 50.0 Å². The first kappa shape index (κ1) is 20.2. The molecule has 2 amide bonds. The van der Waals surface area contributed by atoms with Gasteiger partial charge in [-0.1, -0.05) is 29.4 Å². The van der Waals surface area contributed by atoms with E-state index in [9.17, 15) is 9.59 Å². The minimum atomic E-state index is -0.224. The summed E-state index contributed by atoms with van der Waals surface area (Å²) < 4.78 is 5.36. The minimum absolute atomic E-state index is 0.000993. The van der Waals surface area contributed by atoms with Crippen LogP contribution in [0.3, 0.4) is 0 Å². The molecule has 4 rings (SSSR count). The molecule has 2 aromatic heterocycles. The Balaban J connectivity index is 1.23. The van der Waals surface area contributed by atoms with E-state index in [1.807, 2.05) is 42.6 Å². The highest BCUT2D eigenvalue weighted by atomic mass is 32.1. The highest BCUT2D eigenvalue weighted by Crippen LogP contribution is 2.21. The van der Waals surface area contributed by atoms with Crippen molar-refractivity contribution in [2.24, 2.45) is 0 Å². The molecule has 3 aromatic rings. The van der Waals surface area contributed by atoms with Gasteiger partial charge in [0.05, 0.1) is 18.0 Å². The number of piperazine rings is 1. The van der Waals surface area contributed by atoms with Crippen molar-refractivity contribution >= 4 is 23.2 Å². The lowest BCUT2D eigenvalue weighted by Gasteiger charge is -2.34. The monoisotopic (exact) mass is 425 g/mol. The smallest absolute Gasteiger partial charge is 0.251 e. The molecule has 0 saturated carbocycles. The van der Waals surface area contributed by atoms with Crippen LogP contribution in [-0.2, 0) is 11.3 Å². The van der Waals surface area contributed by atoms with E-state index in [1.165, 1.54) is 0 Å². The summed E-state index contributed by atoms with van der Waals surface area (Å²) >= 11 is 1.57. The average Bonchev–Trinajstić information content (AvgIpc) is 3.45. The predicted octanol–water partition coefficient (Wildman–Crippen LogP) is 2.18. The Morgan fingerprint density at radius 2 is 1.93 bits per heavy atom. The van der Waals surface area contributed by atoms with Crippen LogP contribution in [0.25, 0.3) is 10.7 Å². The van der Waals surface area contributed by atoms with Gasteiger partial charge in [-0.15, -0.1) is 11.3 Å². The highest BCUT2D eigenvalue weighted by Gasteiger charge is 2.23. The number of carbonyl (C=O) groups excluding carboxylic acids is 2. The fourth-order valence-corrected chi connectivity index (χ4v) is 4.01. The molecule has 3 heterocycles. The first-order valence-corrected chi connectivity index (χ1v) is 10.7. The van der Waals surface area contributed by atoms with Gasteiger partial charge in [0.1, 0.15) is 0 Å². The van der Waals surface area contributed by atoms with E-state index in [-0.39, 0.29) is 18.4 Å². The van der Waals surface area contributed by atoms with Crippen molar-refractivity contribution in [2.75, 3.05) is 32.7 Å². The Morgan fingerprint density at radius 3 is 2.67 bits per heavy atom. The van der Waals surface area contributed by atoms with Crippen LogP contribution in [0, 0.1) is 6.92 Å². The summed E-state index contributed by atoms with van der Waals surface area (Å²) in [4.78, 5) is 34.1. The standard InChI is InChI=1S/C21H23N5O3S/c1-15-5-2-3-6-16(15)21(28)22-13-19(27)26-10-8-25(9-11-26)14-18-23-20(24-29-18)17-7-4-12-30-17/h2-7,12H,8-11,13-14H2,1H3,(H,22,28). The second kappa shape index (κ2) is 9.19. The average molecular weight is 426 g/mol. The van der Waals surface area contributed by atoms with Crippen molar-refractivity contribution in [3.63, 3.8) is 0 Å². The van der Waals surface area contributed by atoms with Crippen LogP contribution in [0.4, 0.5) is 0 Å². The molecule has 0 spiro atoms. The Kier molecular flexibility index (Phi) is 6.20. The summed E-state index contributed by atoms with van der Waals surface area (Å²) in [5, 5.41) is 8.74. The molecular formula is C21H23N5O3S. The van der Waals surface area contributed by atoms with Gasteiger partial charge < -0.3 is 14.7 Å². The second-order valence-corrected chi connectivity index (χ2v) is 8.09. The first-order chi connectivity index (χ1) is 14.6. The third-order valence-electron chi connectivity index (χ3n) is 5.08. The second-order valence-electron chi connectivity index (χ2n) is 7.14. The van der Waals surface area contributed by atoms with Crippen LogP contribution in [-0.4, -0.2) is 64.5 Å². The molecule has 1 saturated heterocycles. The van der Waals surface area contributed by atoms with Gasteiger partial charge in [-0.3, -0.25) is 14.5 Å². The maximum atomic E-state index is 12.5. The number of hydrogen-bond acceptors (Lipinski definition) is 7. The van der Waals surface area contributed by atoms with Gasteiger partial charge in [0.25, 0.3) is 5.91 Å². The number of aromatic nitrogens is 2. The van der Waals surface area contributed by atoms with Crippen LogP contribution in [0.2, 0.25) is 0 Å². The Hall–Kier alpha value is -3.04. The number of benzene rings is 1. The largest absolute Gasteiger partial charge is 0.343 e. The van der Waals surface area contributed by atoms with Crippen molar-refractivity contribution in [1.82, 2.24) is 25.3 Å². The summed E-state index contributed by atoms with van der Waals surface area (Å²) in [7, 11) is 0. The number of nitrogens with zero attached hydrogens (tertiary/aromatic N) is 4. The molecule has 1 aliphatic heterocycles. The first-order valence-electron chi connectivity index (χ1n) is 9.80. The van der Waals surface area contributed by atoms with Crippen LogP contribution >= 0.6 is 11.3 Å². The van der Waals surface area contributed by atoms with E-state index in [2.05, 4.69) is 20.4 Å². The van der Waals surface area contributed by atoms with Gasteiger partial charge in [-0.05, 0) is 30.0 Å². The third kappa shape index (κ3) is 4.74. The Labute approximate surface area is 178 Å². The van der Waals surface area contributed by atoms with Crippen molar-refractivity contribution in [2.45, 2.75) is 13.5 Å². The summed E-state index contributed by atoms with van der Waals surface area (Å²) in [6.07, 6.45) is 0. The van der Waals surface area contributed by atoms with Gasteiger partial charge in [0.15, 0.2) is 0 Å². The van der Waals surface area contributed by atoms with Gasteiger partial charge in [0.2, 0.25) is 17.6 Å². The molecule has 1 N–H and O–H groups in total. The zero-order valence-corrected chi connectivity index (χ0v) is 17.5. The molecule has 1 aliphatic rings. The molecule has 30 heavy (non-hydrogen) atoms. The number of amides is 2. The lowest BCUT2D eigenvalue weighted by molar-refractivity contribution is -0.131. The van der Waals surface area contributed by atoms with Gasteiger partial charge >= 0.3 is 0 Å². The normalized spacial score (nSPS) is 14.6. The number of thiophene rings is 1. The lowest BCUT2D eigenvalue weighted by Crippen LogP contribution is -2.50. The topological polar surface area (TPSA) is 91.6 Å². The summed E-state index contributed by atoms with van der Waals surface area (Å²) in [5.74, 6) is 0.884. The van der Waals surface area contributed by atoms with E-state index < -0.39 is 0 Å². The number of rotatable bonds is 6. The van der Waals surface area contributed by atoms with Gasteiger partial charge in [0, 0.05) is 31.7 Å². The quantitative estimate of drug-likeness (QED) is 0.651. The van der Waals surface area contributed by atoms with E-state index >= 15 is 0 Å². The molecule has 1 fully saturated rings. The number of aryl methyl sites for hydroxylation is 1. The van der Waals surface area contributed by atoms with Crippen molar-refractivity contribution < 1.29 is 14.1 Å². The summed E-state index contributed by atoms with van der Waals surface area (Å²) in [6, 6.07) is 11.2. The molecule has 9 heteroatoms. The SMILES string of the molecule is Cc1ccccc1C(=O)NCC(=O)N1CCN(Cc2nc(-c3cccs3)no2)CC1. The van der Waals surface area contributed by atoms with Gasteiger partial charge in [-0.2, -0.15) is 4.98 Å². The maximum Gasteiger partial charge on any atom is 0.251 e. The zero-order valence-electron chi connectivity index (χ0n) is 16.7. The van der Waals surface area contributed by atoms with E-state index in [0.717, 1.165) is 10.4 Å². The van der Waals surface area contributed by atoms with Crippen LogP contribution in [0.15, 0.2) is 46.3 Å². The van der Waals surface area contributed by atoms with E-state index in [4.69, 9.17) is 4.52 Å². The predicted molar refractivity (Wildman–Crippen MR) is 113 cm³/mol. The Morgan fingerprint density at radius 1 is 1.13 bits per heavy atom. The van der Waals surface area contributed by atoms with Crippen LogP contribution in [0.1, 0.15) is 21.8 Å². The highest BCUT2D eigenvalue weighted by molar-refractivity contribution is 7.13. The fraction of sp³-hybridized carbons (Fsp3) is 0.333. The van der Waals surface area contributed by atoms with E-state index in [1.54, 1.807) is 22.3 Å². The molecule has 0 atom stereocenters. The summed E-state index contributed by atoms with van der Waals surface area (Å²) in [6.45, 7) is 5.08. The van der Waals surface area contributed by atoms with Gasteiger partial charge in [-0.25, -0.2) is 0 Å². The minimum Gasteiger partial charge on any atom is -0.343 e. The van der Waals surface area contributed by atoms with Crippen molar-refractivity contribution in [3.8, 4) is 10.7 Å². The van der Waals surface area contributed by atoms with Crippen LogP contribution in [0.5, 0.6) is 0 Å². The maximum absolute atomic E-state index is 12.5. The van der Waals surface area contributed by atoms with Crippen molar-refractivity contribution in [1.29, 1.82) is 0 Å². The third-order valence-corrected chi connectivity index (χ3v) is 5.95. The molecule has 0 aliphatic carbocycles. The molecule has 0 bridgehead atoms. The Bertz CT molecular complexity index is 1010. The lowest BCUT2D eigenvalue weighted by atomic mass is 10.1. The number of hydrogen-bond donors (Lipinski definition) is 1. The molecular weight excluding hydrogens is 402 g/mol.